The van der Waals surface area contributed by atoms with E-state index in [2.05, 4.69) is 37.5 Å². The molecule has 0 atom stereocenters. The fourth-order valence-corrected chi connectivity index (χ4v) is 2.68. The Morgan fingerprint density at radius 2 is 2.00 bits per heavy atom. The molecule has 0 unspecified atom stereocenters. The van der Waals surface area contributed by atoms with Crippen molar-refractivity contribution < 1.29 is 0 Å². The molecule has 0 saturated carbocycles. The van der Waals surface area contributed by atoms with E-state index >= 15 is 0 Å². The van der Waals surface area contributed by atoms with Crippen LogP contribution in [0.15, 0.2) is 30.6 Å². The van der Waals surface area contributed by atoms with Crippen molar-refractivity contribution in [3.05, 3.63) is 34.2 Å². The van der Waals surface area contributed by atoms with Crippen molar-refractivity contribution in [2.24, 2.45) is 0 Å². The minimum Gasteiger partial charge on any atom is -0.398 e. The van der Waals surface area contributed by atoms with Gasteiger partial charge in [0.1, 0.15) is 5.01 Å². The molecule has 2 aromatic heterocycles. The molecule has 0 radical (unpaired) electrons. The molecular weight excluding hydrogens is 347 g/mol. The zero-order valence-corrected chi connectivity index (χ0v) is 11.6. The maximum Gasteiger partial charge on any atom is 0.190 e. The lowest BCUT2D eigenvalue weighted by atomic mass is 10.2. The Balaban J connectivity index is 2.17. The normalized spacial score (nSPS) is 10.9. The summed E-state index contributed by atoms with van der Waals surface area (Å²) in [7, 11) is 0. The van der Waals surface area contributed by atoms with E-state index in [1.165, 1.54) is 11.3 Å². The monoisotopic (exact) mass is 354 g/mol. The quantitative estimate of drug-likeness (QED) is 0.539. The summed E-state index contributed by atoms with van der Waals surface area (Å²) in [6.45, 7) is 0. The fraction of sp³-hybridized carbons (Fsp3) is 0. The Morgan fingerprint density at radius 3 is 2.76 bits per heavy atom. The van der Waals surface area contributed by atoms with Crippen LogP contribution in [0.5, 0.6) is 0 Å². The molecule has 0 amide bonds. The van der Waals surface area contributed by atoms with E-state index in [0.717, 1.165) is 24.7 Å². The topological polar surface area (TPSA) is 64.7 Å². The third kappa shape index (κ3) is 1.98. The minimum absolute atomic E-state index is 0.685. The summed E-state index contributed by atoms with van der Waals surface area (Å²) in [5, 5.41) is 0.898. The van der Waals surface area contributed by atoms with Gasteiger partial charge in [-0.25, -0.2) is 15.0 Å². The van der Waals surface area contributed by atoms with E-state index in [4.69, 9.17) is 5.73 Å². The highest BCUT2D eigenvalue weighted by molar-refractivity contribution is 14.1. The molecule has 0 saturated heterocycles. The van der Waals surface area contributed by atoms with Gasteiger partial charge in [-0.3, -0.25) is 0 Å². The number of nitrogens with two attached hydrogens (primary N) is 1. The third-order valence-electron chi connectivity index (χ3n) is 2.29. The molecule has 0 fully saturated rings. The van der Waals surface area contributed by atoms with Gasteiger partial charge < -0.3 is 5.73 Å². The number of thiazole rings is 1. The van der Waals surface area contributed by atoms with Gasteiger partial charge >= 0.3 is 0 Å². The molecule has 0 bridgehead atoms. The number of nitrogens with zero attached hydrogens (tertiary/aromatic N) is 3. The summed E-state index contributed by atoms with van der Waals surface area (Å²) in [5.41, 5.74) is 8.35. The summed E-state index contributed by atoms with van der Waals surface area (Å²) in [6.07, 6.45) is 3.32. The van der Waals surface area contributed by atoms with Crippen LogP contribution in [0.4, 0.5) is 5.69 Å². The summed E-state index contributed by atoms with van der Waals surface area (Å²) in [5.74, 6) is 0. The first-order valence-corrected chi connectivity index (χ1v) is 6.76. The lowest BCUT2D eigenvalue weighted by Gasteiger charge is -2.00. The highest BCUT2D eigenvalue weighted by Crippen LogP contribution is 2.30. The molecule has 2 heterocycles. The molecule has 0 aliphatic rings. The van der Waals surface area contributed by atoms with Crippen molar-refractivity contribution in [1.29, 1.82) is 0 Å². The van der Waals surface area contributed by atoms with Gasteiger partial charge in [-0.1, -0.05) is 17.4 Å². The van der Waals surface area contributed by atoms with Crippen LogP contribution < -0.4 is 5.73 Å². The second kappa shape index (κ2) is 4.19. The van der Waals surface area contributed by atoms with Crippen LogP contribution in [0.3, 0.4) is 0 Å². The Labute approximate surface area is 115 Å². The number of rotatable bonds is 1. The highest BCUT2D eigenvalue weighted by atomic mass is 127. The van der Waals surface area contributed by atoms with Gasteiger partial charge in [-0.05, 0) is 34.7 Å². The molecule has 4 nitrogen and oxygen atoms in total. The molecule has 0 aliphatic heterocycles. The van der Waals surface area contributed by atoms with Gasteiger partial charge in [0.05, 0.1) is 0 Å². The summed E-state index contributed by atoms with van der Waals surface area (Å²) >= 11 is 3.73. The molecule has 3 rings (SSSR count). The average Bonchev–Trinajstić information content (AvgIpc) is 2.76. The molecule has 0 aliphatic carbocycles. The van der Waals surface area contributed by atoms with Crippen LogP contribution in [0.1, 0.15) is 0 Å². The Hall–Kier alpha value is -1.28. The average molecular weight is 354 g/mol. The predicted molar refractivity (Wildman–Crippen MR) is 77.8 cm³/mol. The zero-order valence-electron chi connectivity index (χ0n) is 8.59. The molecule has 84 valence electrons. The third-order valence-corrected chi connectivity index (χ3v) is 4.27. The standard InChI is InChI=1S/C11H7IN4S/c12-7-2-1-6(5-8(7)13)10-16-9-11(17-10)15-4-3-14-9/h1-5H,13H2. The number of aromatic nitrogens is 3. The van der Waals surface area contributed by atoms with Crippen molar-refractivity contribution in [2.75, 3.05) is 5.73 Å². The van der Waals surface area contributed by atoms with E-state index < -0.39 is 0 Å². The molecule has 3 aromatic rings. The Bertz CT molecular complexity index is 662. The molecule has 6 heteroatoms. The number of fused-ring (bicyclic) bond motifs is 1. The van der Waals surface area contributed by atoms with E-state index in [9.17, 15) is 0 Å². The summed E-state index contributed by atoms with van der Waals surface area (Å²) in [6, 6.07) is 5.92. The maximum atomic E-state index is 5.89. The largest absolute Gasteiger partial charge is 0.398 e. The molecule has 2 N–H and O–H groups in total. The summed E-state index contributed by atoms with van der Waals surface area (Å²) < 4.78 is 1.05. The number of halogens is 1. The maximum absolute atomic E-state index is 5.89. The van der Waals surface area contributed by atoms with Gasteiger partial charge in [-0.15, -0.1) is 0 Å². The van der Waals surface area contributed by atoms with Gasteiger partial charge in [0.15, 0.2) is 10.5 Å². The van der Waals surface area contributed by atoms with E-state index in [0.29, 0.717) is 5.65 Å². The van der Waals surface area contributed by atoms with Gasteiger partial charge in [0.25, 0.3) is 0 Å². The van der Waals surface area contributed by atoms with Gasteiger partial charge in [-0.2, -0.15) is 0 Å². The predicted octanol–water partition coefficient (Wildman–Crippen LogP) is 2.94. The van der Waals surface area contributed by atoms with Gasteiger partial charge in [0.2, 0.25) is 0 Å². The van der Waals surface area contributed by atoms with Crippen molar-refractivity contribution >= 4 is 50.1 Å². The number of hydrogen-bond acceptors (Lipinski definition) is 5. The lowest BCUT2D eigenvalue weighted by molar-refractivity contribution is 1.26. The molecule has 17 heavy (non-hydrogen) atoms. The van der Waals surface area contributed by atoms with Crippen LogP contribution >= 0.6 is 33.9 Å². The first-order chi connectivity index (χ1) is 8.24. The summed E-state index contributed by atoms with van der Waals surface area (Å²) in [4.78, 5) is 13.7. The first kappa shape index (κ1) is 10.8. The Kier molecular flexibility index (Phi) is 2.67. The lowest BCUT2D eigenvalue weighted by Crippen LogP contribution is -1.89. The van der Waals surface area contributed by atoms with E-state index in [1.807, 2.05) is 18.2 Å². The van der Waals surface area contributed by atoms with Crippen LogP contribution in [0.2, 0.25) is 0 Å². The van der Waals surface area contributed by atoms with Crippen molar-refractivity contribution in [3.63, 3.8) is 0 Å². The smallest absolute Gasteiger partial charge is 0.190 e. The van der Waals surface area contributed by atoms with Crippen LogP contribution in [-0.2, 0) is 0 Å². The minimum atomic E-state index is 0.685. The van der Waals surface area contributed by atoms with Crippen molar-refractivity contribution in [3.8, 4) is 10.6 Å². The zero-order chi connectivity index (χ0) is 11.8. The fourth-order valence-electron chi connectivity index (χ4n) is 1.48. The van der Waals surface area contributed by atoms with E-state index in [1.54, 1.807) is 12.4 Å². The van der Waals surface area contributed by atoms with Crippen molar-refractivity contribution in [1.82, 2.24) is 15.0 Å². The van der Waals surface area contributed by atoms with Crippen LogP contribution in [-0.4, -0.2) is 15.0 Å². The number of anilines is 1. The van der Waals surface area contributed by atoms with Crippen LogP contribution in [0, 0.1) is 3.57 Å². The number of hydrogen-bond donors (Lipinski definition) is 1. The van der Waals surface area contributed by atoms with Gasteiger partial charge in [0, 0.05) is 27.2 Å². The molecule has 0 spiro atoms. The first-order valence-electron chi connectivity index (χ1n) is 4.87. The highest BCUT2D eigenvalue weighted by Gasteiger charge is 2.08. The Morgan fingerprint density at radius 1 is 1.18 bits per heavy atom. The molecular formula is C11H7IN4S. The van der Waals surface area contributed by atoms with Crippen molar-refractivity contribution in [2.45, 2.75) is 0 Å². The van der Waals surface area contributed by atoms with Crippen LogP contribution in [0.25, 0.3) is 21.0 Å². The second-order valence-corrected chi connectivity index (χ2v) is 5.58. The number of nitrogen functional groups attached to an aromatic ring is 1. The SMILES string of the molecule is Nc1cc(-c2nc3nccnc3s2)ccc1I. The number of benzene rings is 1. The molecule has 1 aromatic carbocycles. The van der Waals surface area contributed by atoms with E-state index in [-0.39, 0.29) is 0 Å². The second-order valence-electron chi connectivity index (χ2n) is 3.44.